The second kappa shape index (κ2) is 6.56. The third-order valence-corrected chi connectivity index (χ3v) is 3.38. The van der Waals surface area contributed by atoms with Crippen LogP contribution in [0.25, 0.3) is 10.4 Å². The van der Waals surface area contributed by atoms with E-state index in [9.17, 15) is 13.2 Å². The van der Waals surface area contributed by atoms with Gasteiger partial charge in [-0.3, -0.25) is 4.18 Å². The maximum atomic E-state index is 11.6. The fourth-order valence-electron chi connectivity index (χ4n) is 1.98. The smallest absolute Gasteiger partial charge is 0.333 e. The number of nitrogens with zero attached hydrogens (tertiary/aromatic N) is 3. The topological polar surface area (TPSA) is 118 Å². The van der Waals surface area contributed by atoms with Crippen molar-refractivity contribution in [2.24, 2.45) is 11.0 Å². The molecule has 0 aromatic rings. The molecule has 1 aliphatic rings. The van der Waals surface area contributed by atoms with E-state index < -0.39 is 34.2 Å². The van der Waals surface area contributed by atoms with Crippen LogP contribution >= 0.6 is 0 Å². The maximum Gasteiger partial charge on any atom is 0.333 e. The van der Waals surface area contributed by atoms with E-state index in [1.165, 1.54) is 19.3 Å². The first-order valence-electron chi connectivity index (χ1n) is 5.66. The minimum Gasteiger partial charge on any atom is -0.466 e. The van der Waals surface area contributed by atoms with Gasteiger partial charge in [-0.2, -0.15) is 8.42 Å². The van der Waals surface area contributed by atoms with Crippen LogP contribution in [-0.4, -0.2) is 39.9 Å². The lowest BCUT2D eigenvalue weighted by Gasteiger charge is -2.31. The fraction of sp³-hybridized carbons (Fsp3) is 0.545. The second-order valence-corrected chi connectivity index (χ2v) is 5.85. The van der Waals surface area contributed by atoms with Crippen LogP contribution in [0.3, 0.4) is 0 Å². The van der Waals surface area contributed by atoms with Crippen LogP contribution in [0.5, 0.6) is 0 Å². The van der Waals surface area contributed by atoms with Crippen LogP contribution in [0.4, 0.5) is 0 Å². The number of azide groups is 1. The molecule has 0 unspecified atom stereocenters. The Kier molecular flexibility index (Phi) is 5.32. The first kappa shape index (κ1) is 16.2. The van der Waals surface area contributed by atoms with Crippen LogP contribution in [0.2, 0.25) is 0 Å². The third kappa shape index (κ3) is 4.09. The van der Waals surface area contributed by atoms with Gasteiger partial charge in [0.15, 0.2) is 0 Å². The van der Waals surface area contributed by atoms with E-state index in [0.29, 0.717) is 5.57 Å². The standard InChI is InChI=1S/C11H15N3O5S/c1-4-7-5-8(11(15)18-2)6-9(13-14-12)10(7)19-20(3,16)17/h4,6-7,9-10H,1,5H2,2-3H3/t7-,9+,10+/m1/s1. The number of carbonyl (C=O) groups is 1. The van der Waals surface area contributed by atoms with Crippen LogP contribution in [0.1, 0.15) is 6.42 Å². The Hall–Kier alpha value is -1.83. The van der Waals surface area contributed by atoms with Crippen molar-refractivity contribution in [3.63, 3.8) is 0 Å². The van der Waals surface area contributed by atoms with Gasteiger partial charge in [-0.15, -0.1) is 6.58 Å². The predicted octanol–water partition coefficient (Wildman–Crippen LogP) is 1.32. The van der Waals surface area contributed by atoms with Gasteiger partial charge in [-0.25, -0.2) is 4.79 Å². The van der Waals surface area contributed by atoms with Crippen molar-refractivity contribution in [1.29, 1.82) is 0 Å². The first-order valence-corrected chi connectivity index (χ1v) is 7.48. The molecule has 9 heteroatoms. The van der Waals surface area contributed by atoms with Gasteiger partial charge in [0, 0.05) is 16.4 Å². The fourth-order valence-corrected chi connectivity index (χ4v) is 2.64. The minimum absolute atomic E-state index is 0.202. The molecule has 0 aromatic heterocycles. The highest BCUT2D eigenvalue weighted by Crippen LogP contribution is 2.31. The summed E-state index contributed by atoms with van der Waals surface area (Å²) in [5.41, 5.74) is 8.85. The van der Waals surface area contributed by atoms with Crippen LogP contribution in [0.15, 0.2) is 29.4 Å². The predicted molar refractivity (Wildman–Crippen MR) is 71.1 cm³/mol. The lowest BCUT2D eigenvalue weighted by atomic mass is 9.84. The number of methoxy groups -OCH3 is 1. The van der Waals surface area contributed by atoms with Crippen LogP contribution < -0.4 is 0 Å². The van der Waals surface area contributed by atoms with E-state index >= 15 is 0 Å². The monoisotopic (exact) mass is 301 g/mol. The van der Waals surface area contributed by atoms with Gasteiger partial charge in [0.2, 0.25) is 0 Å². The summed E-state index contributed by atoms with van der Waals surface area (Å²) in [6.07, 6.45) is 3.01. The van der Waals surface area contributed by atoms with Gasteiger partial charge in [0.1, 0.15) is 0 Å². The summed E-state index contributed by atoms with van der Waals surface area (Å²) in [5.74, 6) is -1.05. The van der Waals surface area contributed by atoms with Gasteiger partial charge in [-0.05, 0) is 12.0 Å². The summed E-state index contributed by atoms with van der Waals surface area (Å²) in [7, 11) is -2.51. The molecule has 0 aliphatic heterocycles. The quantitative estimate of drug-likeness (QED) is 0.189. The molecule has 0 aromatic carbocycles. The summed E-state index contributed by atoms with van der Waals surface area (Å²) >= 11 is 0. The Balaban J connectivity index is 3.20. The van der Waals surface area contributed by atoms with Gasteiger partial charge in [-0.1, -0.05) is 17.3 Å². The van der Waals surface area contributed by atoms with Gasteiger partial charge < -0.3 is 4.74 Å². The van der Waals surface area contributed by atoms with Crippen molar-refractivity contribution in [3.05, 3.63) is 34.7 Å². The van der Waals surface area contributed by atoms with E-state index in [1.54, 1.807) is 0 Å². The molecule has 0 bridgehead atoms. The number of rotatable bonds is 5. The minimum atomic E-state index is -3.74. The molecule has 0 N–H and O–H groups in total. The molecule has 0 heterocycles. The molecule has 0 saturated carbocycles. The summed E-state index contributed by atoms with van der Waals surface area (Å²) in [5, 5.41) is 3.47. The lowest BCUT2D eigenvalue weighted by Crippen LogP contribution is -2.39. The number of hydrogen-bond acceptors (Lipinski definition) is 6. The molecule has 0 saturated heterocycles. The first-order chi connectivity index (χ1) is 9.32. The lowest BCUT2D eigenvalue weighted by molar-refractivity contribution is -0.136. The molecule has 0 radical (unpaired) electrons. The number of esters is 1. The molecule has 1 rings (SSSR count). The maximum absolute atomic E-state index is 11.6. The average Bonchev–Trinajstić information content (AvgIpc) is 2.38. The van der Waals surface area contributed by atoms with Gasteiger partial charge >= 0.3 is 5.97 Å². The van der Waals surface area contributed by atoms with Crippen molar-refractivity contribution < 1.29 is 22.1 Å². The summed E-state index contributed by atoms with van der Waals surface area (Å²) in [4.78, 5) is 14.2. The molecule has 0 fully saturated rings. The highest BCUT2D eigenvalue weighted by Gasteiger charge is 2.36. The molecule has 1 aliphatic carbocycles. The highest BCUT2D eigenvalue weighted by atomic mass is 32.2. The second-order valence-electron chi connectivity index (χ2n) is 4.25. The SMILES string of the molecule is C=C[C@@H]1CC(C(=O)OC)=C[C@H](N=[N+]=[N-])[C@H]1OS(C)(=O)=O. The van der Waals surface area contributed by atoms with Crippen molar-refractivity contribution >= 4 is 16.1 Å². The third-order valence-electron chi connectivity index (χ3n) is 2.81. The number of hydrogen-bond donors (Lipinski definition) is 0. The van der Waals surface area contributed by atoms with E-state index in [-0.39, 0.29) is 6.42 Å². The number of carbonyl (C=O) groups excluding carboxylic acids is 1. The van der Waals surface area contributed by atoms with Crippen molar-refractivity contribution in [2.45, 2.75) is 18.6 Å². The zero-order valence-electron chi connectivity index (χ0n) is 11.1. The van der Waals surface area contributed by atoms with Crippen molar-refractivity contribution in [3.8, 4) is 0 Å². The molecule has 20 heavy (non-hydrogen) atoms. The average molecular weight is 301 g/mol. The van der Waals surface area contributed by atoms with Crippen molar-refractivity contribution in [2.75, 3.05) is 13.4 Å². The van der Waals surface area contributed by atoms with E-state index in [0.717, 1.165) is 6.26 Å². The van der Waals surface area contributed by atoms with E-state index in [2.05, 4.69) is 21.3 Å². The molecule has 8 nitrogen and oxygen atoms in total. The zero-order chi connectivity index (χ0) is 15.3. The van der Waals surface area contributed by atoms with E-state index in [4.69, 9.17) is 9.71 Å². The zero-order valence-corrected chi connectivity index (χ0v) is 11.9. The Labute approximate surface area is 116 Å². The highest BCUT2D eigenvalue weighted by molar-refractivity contribution is 7.86. The largest absolute Gasteiger partial charge is 0.466 e. The molecule has 110 valence electrons. The Morgan fingerprint density at radius 3 is 2.75 bits per heavy atom. The summed E-state index contributed by atoms with van der Waals surface area (Å²) < 4.78 is 32.1. The van der Waals surface area contributed by atoms with Gasteiger partial charge in [0.05, 0.1) is 25.5 Å². The van der Waals surface area contributed by atoms with Crippen LogP contribution in [0, 0.1) is 5.92 Å². The number of ether oxygens (including phenoxy) is 1. The van der Waals surface area contributed by atoms with Gasteiger partial charge in [0.25, 0.3) is 10.1 Å². The molecule has 3 atom stereocenters. The summed E-state index contributed by atoms with van der Waals surface area (Å²) in [6, 6.07) is -0.930. The summed E-state index contributed by atoms with van der Waals surface area (Å²) in [6.45, 7) is 3.59. The van der Waals surface area contributed by atoms with Crippen LogP contribution in [-0.2, 0) is 23.8 Å². The Bertz CT molecular complexity index is 577. The molecule has 0 spiro atoms. The normalized spacial score (nSPS) is 26.1. The van der Waals surface area contributed by atoms with Crippen molar-refractivity contribution in [1.82, 2.24) is 0 Å². The Morgan fingerprint density at radius 1 is 1.65 bits per heavy atom. The molecular formula is C11H15N3O5S. The molecular weight excluding hydrogens is 286 g/mol. The Morgan fingerprint density at radius 2 is 2.30 bits per heavy atom. The molecule has 0 amide bonds. The van der Waals surface area contributed by atoms with E-state index in [1.807, 2.05) is 0 Å².